The third kappa shape index (κ3) is 21.1. The Balaban J connectivity index is -0.000000218. The second kappa shape index (κ2) is 17.6. The van der Waals surface area contributed by atoms with Crippen molar-refractivity contribution in [2.24, 2.45) is 5.92 Å². The molecule has 0 aliphatic heterocycles. The summed E-state index contributed by atoms with van der Waals surface area (Å²) in [5.41, 5.74) is 0. The molecule has 6 heteroatoms. The lowest BCUT2D eigenvalue weighted by molar-refractivity contribution is -0.140. The molecular weight excluding hydrogens is 246 g/mol. The average Bonchev–Trinajstić information content (AvgIpc) is 2.33. The molecule has 0 rings (SSSR count). The lowest BCUT2D eigenvalue weighted by Gasteiger charge is -2.03. The summed E-state index contributed by atoms with van der Waals surface area (Å²) in [5, 5.41) is 2.83. The van der Waals surface area contributed by atoms with Crippen LogP contribution in [0.5, 0.6) is 0 Å². The van der Waals surface area contributed by atoms with Crippen LogP contribution >= 0.6 is 12.4 Å². The van der Waals surface area contributed by atoms with Crippen LogP contribution in [0.25, 0.3) is 0 Å². The Bertz CT molecular complexity index is 179. The predicted octanol–water partition coefficient (Wildman–Crippen LogP) is 1.40. The summed E-state index contributed by atoms with van der Waals surface area (Å²) in [6, 6.07) is 0. The maximum absolute atomic E-state index is 10.3. The fourth-order valence-corrected chi connectivity index (χ4v) is 0.651. The highest BCUT2D eigenvalue weighted by Crippen LogP contribution is 1.98. The van der Waals surface area contributed by atoms with Crippen molar-refractivity contribution in [2.75, 3.05) is 27.3 Å². The fraction of sp³-hybridized carbons (Fsp3) is 0.818. The van der Waals surface area contributed by atoms with Crippen LogP contribution in [0.15, 0.2) is 0 Å². The molecule has 1 atom stereocenters. The van der Waals surface area contributed by atoms with Crippen LogP contribution in [0.3, 0.4) is 0 Å². The van der Waals surface area contributed by atoms with Crippen LogP contribution in [-0.4, -0.2) is 39.8 Å². The zero-order chi connectivity index (χ0) is 12.8. The molecule has 104 valence electrons. The van der Waals surface area contributed by atoms with Crippen LogP contribution in [0, 0.1) is 5.92 Å². The van der Waals surface area contributed by atoms with Gasteiger partial charge >= 0.3 is 5.97 Å². The van der Waals surface area contributed by atoms with E-state index in [1.54, 1.807) is 7.05 Å². The molecule has 0 bridgehead atoms. The molecule has 0 aromatic rings. The molecule has 0 saturated heterocycles. The van der Waals surface area contributed by atoms with Gasteiger partial charge in [0.05, 0.1) is 20.1 Å². The van der Waals surface area contributed by atoms with Gasteiger partial charge in [-0.3, -0.25) is 9.59 Å². The quantitative estimate of drug-likeness (QED) is 0.559. The maximum atomic E-state index is 10.3. The number of rotatable bonds is 7. The summed E-state index contributed by atoms with van der Waals surface area (Å²) in [7, 11) is 3.18. The molecule has 0 aromatic heterocycles. The number of halogens is 1. The summed E-state index contributed by atoms with van der Waals surface area (Å²) in [6.07, 6.45) is 1.51. The number of carbonyl (C=O) groups is 2. The highest BCUT2D eigenvalue weighted by Gasteiger charge is 1.95. The van der Waals surface area contributed by atoms with Crippen LogP contribution in [0.2, 0.25) is 0 Å². The van der Waals surface area contributed by atoms with Crippen molar-refractivity contribution in [3.8, 4) is 0 Å². The van der Waals surface area contributed by atoms with Crippen molar-refractivity contribution in [1.82, 2.24) is 5.32 Å². The molecule has 0 heterocycles. The molecule has 0 aromatic carbocycles. The standard InChI is InChI=1S/C6H12O2.C5H11NO2.ClH/c1-3-6(2)4-8-5-7;1-6-4-3-5(7)8-2;/h5-6H,3-4H2,1-2H3;6H,3-4H2,1-2H3;1H. The van der Waals surface area contributed by atoms with Gasteiger partial charge in [-0.1, -0.05) is 20.3 Å². The first-order valence-corrected chi connectivity index (χ1v) is 5.38. The van der Waals surface area contributed by atoms with E-state index >= 15 is 0 Å². The van der Waals surface area contributed by atoms with E-state index in [2.05, 4.69) is 21.7 Å². The minimum atomic E-state index is -0.167. The van der Waals surface area contributed by atoms with E-state index in [0.29, 0.717) is 32.0 Å². The Hall–Kier alpha value is -0.810. The third-order valence-corrected chi connectivity index (χ3v) is 1.95. The topological polar surface area (TPSA) is 64.6 Å². The summed E-state index contributed by atoms with van der Waals surface area (Å²) in [5.74, 6) is 0.333. The molecule has 0 aliphatic carbocycles. The molecule has 0 amide bonds. The van der Waals surface area contributed by atoms with E-state index in [1.165, 1.54) is 7.11 Å². The van der Waals surface area contributed by atoms with Crippen molar-refractivity contribution in [3.05, 3.63) is 0 Å². The van der Waals surface area contributed by atoms with Gasteiger partial charge in [0.15, 0.2) is 0 Å². The van der Waals surface area contributed by atoms with Gasteiger partial charge in [-0.25, -0.2) is 0 Å². The number of nitrogens with one attached hydrogen (secondary N) is 1. The number of carbonyl (C=O) groups excluding carboxylic acids is 2. The Morgan fingerprint density at radius 2 is 2.06 bits per heavy atom. The lowest BCUT2D eigenvalue weighted by Crippen LogP contribution is -2.13. The van der Waals surface area contributed by atoms with Gasteiger partial charge in [-0.05, 0) is 13.0 Å². The maximum Gasteiger partial charge on any atom is 0.306 e. The van der Waals surface area contributed by atoms with Gasteiger partial charge in [0, 0.05) is 6.54 Å². The summed E-state index contributed by atoms with van der Waals surface area (Å²) < 4.78 is 8.88. The Kier molecular flexibility index (Phi) is 22.2. The van der Waals surface area contributed by atoms with Gasteiger partial charge in [-0.2, -0.15) is 0 Å². The van der Waals surface area contributed by atoms with E-state index in [4.69, 9.17) is 0 Å². The predicted molar refractivity (Wildman–Crippen MR) is 69.3 cm³/mol. The monoisotopic (exact) mass is 269 g/mol. The van der Waals surface area contributed by atoms with E-state index in [-0.39, 0.29) is 18.4 Å². The van der Waals surface area contributed by atoms with Crippen molar-refractivity contribution in [2.45, 2.75) is 26.7 Å². The van der Waals surface area contributed by atoms with Crippen LogP contribution in [0.1, 0.15) is 26.7 Å². The smallest absolute Gasteiger partial charge is 0.306 e. The number of esters is 1. The number of hydrogen-bond acceptors (Lipinski definition) is 5. The molecular formula is C11H24ClNO4. The van der Waals surface area contributed by atoms with Crippen LogP contribution in [0.4, 0.5) is 0 Å². The molecule has 5 nitrogen and oxygen atoms in total. The van der Waals surface area contributed by atoms with Gasteiger partial charge < -0.3 is 14.8 Å². The van der Waals surface area contributed by atoms with Crippen LogP contribution < -0.4 is 5.32 Å². The average molecular weight is 270 g/mol. The molecule has 0 aliphatic rings. The molecule has 0 fully saturated rings. The van der Waals surface area contributed by atoms with Crippen molar-refractivity contribution >= 4 is 24.8 Å². The fourth-order valence-electron chi connectivity index (χ4n) is 0.651. The van der Waals surface area contributed by atoms with E-state index in [9.17, 15) is 9.59 Å². The zero-order valence-electron chi connectivity index (χ0n) is 11.0. The first kappa shape index (κ1) is 21.5. The molecule has 0 spiro atoms. The van der Waals surface area contributed by atoms with Crippen molar-refractivity contribution in [3.63, 3.8) is 0 Å². The van der Waals surface area contributed by atoms with E-state index in [0.717, 1.165) is 6.42 Å². The zero-order valence-corrected chi connectivity index (χ0v) is 11.8. The summed E-state index contributed by atoms with van der Waals surface area (Å²) in [6.45, 7) is 5.85. The molecule has 1 unspecified atom stereocenters. The Labute approximate surface area is 110 Å². The molecule has 17 heavy (non-hydrogen) atoms. The minimum Gasteiger partial charge on any atom is -0.469 e. The number of ether oxygens (including phenoxy) is 2. The second-order valence-corrected chi connectivity index (χ2v) is 3.37. The summed E-state index contributed by atoms with van der Waals surface area (Å²) >= 11 is 0. The highest BCUT2D eigenvalue weighted by atomic mass is 35.5. The number of methoxy groups -OCH3 is 1. The first-order valence-electron chi connectivity index (χ1n) is 5.38. The second-order valence-electron chi connectivity index (χ2n) is 3.37. The first-order chi connectivity index (χ1) is 7.62. The normalized spacial score (nSPS) is 10.1. The van der Waals surface area contributed by atoms with E-state index in [1.807, 2.05) is 6.92 Å². The number of hydrogen-bond donors (Lipinski definition) is 1. The molecule has 0 saturated carbocycles. The third-order valence-electron chi connectivity index (χ3n) is 1.95. The van der Waals surface area contributed by atoms with Gasteiger partial charge in [0.1, 0.15) is 0 Å². The Morgan fingerprint density at radius 3 is 2.41 bits per heavy atom. The van der Waals surface area contributed by atoms with Crippen molar-refractivity contribution in [1.29, 1.82) is 0 Å². The van der Waals surface area contributed by atoms with Crippen molar-refractivity contribution < 1.29 is 19.1 Å². The SMILES string of the molecule is CCC(C)COC=O.CNCCC(=O)OC.Cl. The van der Waals surface area contributed by atoms with Crippen LogP contribution in [-0.2, 0) is 19.1 Å². The highest BCUT2D eigenvalue weighted by molar-refractivity contribution is 5.85. The van der Waals surface area contributed by atoms with E-state index < -0.39 is 0 Å². The molecule has 1 N–H and O–H groups in total. The summed E-state index contributed by atoms with van der Waals surface area (Å²) in [4.78, 5) is 19.9. The van der Waals surface area contributed by atoms with Gasteiger partial charge in [-0.15, -0.1) is 12.4 Å². The van der Waals surface area contributed by atoms with Gasteiger partial charge in [0.2, 0.25) is 0 Å². The minimum absolute atomic E-state index is 0. The Morgan fingerprint density at radius 1 is 1.47 bits per heavy atom. The largest absolute Gasteiger partial charge is 0.469 e. The lowest BCUT2D eigenvalue weighted by atomic mass is 10.1. The molecule has 0 radical (unpaired) electrons. The van der Waals surface area contributed by atoms with Gasteiger partial charge in [0.25, 0.3) is 6.47 Å².